The molecule has 4 rings (SSSR count). The topological polar surface area (TPSA) is 91.0 Å². The van der Waals surface area contributed by atoms with Gasteiger partial charge in [0, 0.05) is 23.6 Å². The Balaban J connectivity index is 1.94. The van der Waals surface area contributed by atoms with Gasteiger partial charge in [-0.2, -0.15) is 4.73 Å². The smallest absolute Gasteiger partial charge is 0.271 e. The summed E-state index contributed by atoms with van der Waals surface area (Å²) in [6.07, 6.45) is 0.984. The second-order valence-electron chi connectivity index (χ2n) is 4.63. The third kappa shape index (κ3) is 1.37. The predicted molar refractivity (Wildman–Crippen MR) is 66.7 cm³/mol. The van der Waals surface area contributed by atoms with Crippen LogP contribution in [-0.4, -0.2) is 20.1 Å². The molecule has 7 nitrogen and oxygen atoms in total. The van der Waals surface area contributed by atoms with Crippen LogP contribution >= 0.6 is 0 Å². The van der Waals surface area contributed by atoms with Gasteiger partial charge >= 0.3 is 0 Å². The first-order valence-electron chi connectivity index (χ1n) is 6.21. The molecule has 0 bridgehead atoms. The van der Waals surface area contributed by atoms with Gasteiger partial charge in [0.05, 0.1) is 5.69 Å². The van der Waals surface area contributed by atoms with Crippen LogP contribution < -0.4 is 4.90 Å². The largest absolute Gasteiger partial charge is 0.427 e. The number of benzene rings is 1. The highest BCUT2D eigenvalue weighted by atomic mass is 16.8. The Labute approximate surface area is 113 Å². The molecular formula is C13H10N4O3. The molecule has 0 fully saturated rings. The molecule has 1 aliphatic carbocycles. The first-order valence-corrected chi connectivity index (χ1v) is 6.21. The number of imidazole rings is 1. The summed E-state index contributed by atoms with van der Waals surface area (Å²) in [7, 11) is 0. The highest BCUT2D eigenvalue weighted by molar-refractivity contribution is 5.67. The molecule has 0 saturated carbocycles. The molecule has 7 heteroatoms. The summed E-state index contributed by atoms with van der Waals surface area (Å²) in [4.78, 5) is 4.81. The Bertz CT molecular complexity index is 792. The summed E-state index contributed by atoms with van der Waals surface area (Å²) in [6.45, 7) is 0. The number of nitrogens with zero attached hydrogens (tertiary/aromatic N) is 4. The maximum Gasteiger partial charge on any atom is 0.271 e. The van der Waals surface area contributed by atoms with Gasteiger partial charge in [-0.15, -0.1) is 0 Å². The summed E-state index contributed by atoms with van der Waals surface area (Å²) in [6, 6.07) is 9.35. The quantitative estimate of drug-likeness (QED) is 0.529. The molecule has 100 valence electrons. The lowest BCUT2D eigenvalue weighted by molar-refractivity contribution is -0.807. The summed E-state index contributed by atoms with van der Waals surface area (Å²) >= 11 is 0. The minimum Gasteiger partial charge on any atom is -0.427 e. The Hall–Kier alpha value is -2.83. The van der Waals surface area contributed by atoms with E-state index in [1.807, 2.05) is 30.3 Å². The highest BCUT2D eigenvalue weighted by Gasteiger charge is 2.33. The van der Waals surface area contributed by atoms with Crippen LogP contribution in [0.4, 0.5) is 0 Å². The summed E-state index contributed by atoms with van der Waals surface area (Å²) < 4.78 is 5.68. The van der Waals surface area contributed by atoms with Crippen LogP contribution in [0.15, 0.2) is 35.0 Å². The maximum atomic E-state index is 11.4. The van der Waals surface area contributed by atoms with Gasteiger partial charge in [0.15, 0.2) is 5.82 Å². The second-order valence-corrected chi connectivity index (χ2v) is 4.63. The average molecular weight is 270 g/mol. The van der Waals surface area contributed by atoms with Crippen molar-refractivity contribution >= 4 is 0 Å². The molecule has 0 amide bonds. The number of aromatic nitrogens is 4. The maximum absolute atomic E-state index is 11.4. The highest BCUT2D eigenvalue weighted by Crippen LogP contribution is 2.32. The molecule has 0 atom stereocenters. The van der Waals surface area contributed by atoms with Gasteiger partial charge in [-0.3, -0.25) is 4.63 Å². The zero-order valence-corrected chi connectivity index (χ0v) is 10.4. The van der Waals surface area contributed by atoms with Crippen molar-refractivity contribution in [3.8, 4) is 22.8 Å². The fraction of sp³-hybridized carbons (Fsp3) is 0.154. The van der Waals surface area contributed by atoms with Crippen molar-refractivity contribution in [3.05, 3.63) is 46.9 Å². The van der Waals surface area contributed by atoms with E-state index in [-0.39, 0.29) is 0 Å². The predicted octanol–water partition coefficient (Wildman–Crippen LogP) is 1.17. The van der Waals surface area contributed by atoms with Crippen LogP contribution in [0, 0.1) is 5.21 Å². The van der Waals surface area contributed by atoms with E-state index in [2.05, 4.69) is 14.8 Å². The van der Waals surface area contributed by atoms with E-state index in [0.29, 0.717) is 46.3 Å². The Morgan fingerprint density at radius 2 is 2.00 bits per heavy atom. The number of fused-ring (bicyclic) bond motifs is 3. The molecule has 1 N–H and O–H groups in total. The van der Waals surface area contributed by atoms with E-state index in [1.54, 1.807) is 0 Å². The Morgan fingerprint density at radius 3 is 2.80 bits per heavy atom. The van der Waals surface area contributed by atoms with E-state index in [4.69, 9.17) is 0 Å². The van der Waals surface area contributed by atoms with E-state index in [9.17, 15) is 10.4 Å². The first-order chi connectivity index (χ1) is 9.75. The lowest BCUT2D eigenvalue weighted by atomic mass is 10.0. The molecule has 1 aliphatic rings. The van der Waals surface area contributed by atoms with E-state index >= 15 is 0 Å². The zero-order valence-electron chi connectivity index (χ0n) is 10.4. The molecule has 0 spiro atoms. The van der Waals surface area contributed by atoms with Gasteiger partial charge in [0.1, 0.15) is 5.69 Å². The second kappa shape index (κ2) is 3.83. The normalized spacial score (nSPS) is 13.0. The number of rotatable bonds is 1. The van der Waals surface area contributed by atoms with Gasteiger partial charge < -0.3 is 10.4 Å². The molecule has 2 heterocycles. The van der Waals surface area contributed by atoms with Crippen LogP contribution in [0.3, 0.4) is 0 Å². The van der Waals surface area contributed by atoms with Crippen LogP contribution in [0.5, 0.6) is 0 Å². The average Bonchev–Trinajstić information content (AvgIpc) is 3.02. The van der Waals surface area contributed by atoms with Gasteiger partial charge in [-0.05, 0) is 4.90 Å². The first kappa shape index (κ1) is 11.0. The molecule has 0 radical (unpaired) electrons. The van der Waals surface area contributed by atoms with Crippen molar-refractivity contribution in [1.29, 1.82) is 0 Å². The molecule has 0 aliphatic heterocycles. The van der Waals surface area contributed by atoms with Gasteiger partial charge in [0.2, 0.25) is 5.69 Å². The van der Waals surface area contributed by atoms with Gasteiger partial charge in [-0.25, -0.2) is 4.98 Å². The third-order valence-corrected chi connectivity index (χ3v) is 3.50. The Morgan fingerprint density at radius 1 is 1.20 bits per heavy atom. The molecule has 20 heavy (non-hydrogen) atoms. The van der Waals surface area contributed by atoms with Crippen molar-refractivity contribution in [3.63, 3.8) is 0 Å². The molecule has 2 aromatic heterocycles. The van der Waals surface area contributed by atoms with Crippen molar-refractivity contribution in [1.82, 2.24) is 14.9 Å². The zero-order chi connectivity index (χ0) is 13.7. The molecular weight excluding hydrogens is 260 g/mol. The fourth-order valence-corrected chi connectivity index (χ4v) is 2.53. The van der Waals surface area contributed by atoms with E-state index in [0.717, 1.165) is 10.3 Å². The monoisotopic (exact) mass is 270 g/mol. The standard InChI is InChI=1S/C13H10N4O3/c18-16-9-6-7-10-12(15-20-17(10)19)11(9)14-13(16)8-4-2-1-3-5-8/h1-5,18H,6-7H2. The minimum atomic E-state index is 0.400. The summed E-state index contributed by atoms with van der Waals surface area (Å²) in [5, 5.41) is 25.4. The number of hydrogen-bond acceptors (Lipinski definition) is 5. The van der Waals surface area contributed by atoms with Crippen LogP contribution in [0.25, 0.3) is 22.8 Å². The third-order valence-electron chi connectivity index (χ3n) is 3.50. The van der Waals surface area contributed by atoms with Crippen molar-refractivity contribution in [2.24, 2.45) is 0 Å². The lowest BCUT2D eigenvalue weighted by Crippen LogP contribution is -2.29. The Kier molecular flexibility index (Phi) is 2.11. The van der Waals surface area contributed by atoms with E-state index < -0.39 is 0 Å². The minimum absolute atomic E-state index is 0.400. The van der Waals surface area contributed by atoms with Gasteiger partial charge in [-0.1, -0.05) is 30.3 Å². The lowest BCUT2D eigenvalue weighted by Gasteiger charge is -2.07. The summed E-state index contributed by atoms with van der Waals surface area (Å²) in [5.74, 6) is 0.434. The molecule has 0 saturated heterocycles. The number of hydrogen-bond donors (Lipinski definition) is 1. The van der Waals surface area contributed by atoms with E-state index in [1.165, 1.54) is 0 Å². The molecule has 0 unspecified atom stereocenters. The molecule has 1 aromatic carbocycles. The SMILES string of the molecule is [O-][n+]1onc2c1CCc1c-2nc(-c2ccccc2)n1O. The fourth-order valence-electron chi connectivity index (χ4n) is 2.53. The summed E-state index contributed by atoms with van der Waals surface area (Å²) in [5.41, 5.74) is 2.81. The van der Waals surface area contributed by atoms with Crippen LogP contribution in [0.1, 0.15) is 11.4 Å². The van der Waals surface area contributed by atoms with Crippen molar-refractivity contribution < 1.29 is 14.7 Å². The van der Waals surface area contributed by atoms with Crippen molar-refractivity contribution in [2.75, 3.05) is 0 Å². The van der Waals surface area contributed by atoms with Gasteiger partial charge in [0.25, 0.3) is 5.69 Å². The molecule has 3 aromatic rings. The van der Waals surface area contributed by atoms with Crippen molar-refractivity contribution in [2.45, 2.75) is 12.8 Å². The van der Waals surface area contributed by atoms with Crippen LogP contribution in [0.2, 0.25) is 0 Å². The van der Waals surface area contributed by atoms with Crippen LogP contribution in [-0.2, 0) is 12.8 Å².